The third kappa shape index (κ3) is 3.16. The molecule has 2 amide bonds. The summed E-state index contributed by atoms with van der Waals surface area (Å²) in [6, 6.07) is 0.560. The molecule has 3 aliphatic rings. The van der Waals surface area contributed by atoms with Gasteiger partial charge in [-0.3, -0.25) is 14.5 Å². The summed E-state index contributed by atoms with van der Waals surface area (Å²) in [7, 11) is 0. The van der Waals surface area contributed by atoms with Crippen molar-refractivity contribution in [1.82, 2.24) is 10.2 Å². The Labute approximate surface area is 130 Å². The molecule has 0 radical (unpaired) electrons. The van der Waals surface area contributed by atoms with E-state index in [4.69, 9.17) is 11.6 Å². The second-order valence-corrected chi connectivity index (χ2v) is 6.91. The Morgan fingerprint density at radius 2 is 1.86 bits per heavy atom. The van der Waals surface area contributed by atoms with E-state index in [1.807, 2.05) is 6.08 Å². The van der Waals surface area contributed by atoms with Crippen LogP contribution < -0.4 is 5.32 Å². The van der Waals surface area contributed by atoms with Gasteiger partial charge < -0.3 is 5.32 Å². The van der Waals surface area contributed by atoms with Gasteiger partial charge in [0.1, 0.15) is 0 Å². The van der Waals surface area contributed by atoms with Gasteiger partial charge in [-0.05, 0) is 25.7 Å². The van der Waals surface area contributed by atoms with Crippen molar-refractivity contribution in [2.75, 3.05) is 13.1 Å². The summed E-state index contributed by atoms with van der Waals surface area (Å²) in [6.07, 6.45) is 9.36. The van der Waals surface area contributed by atoms with Gasteiger partial charge in [-0.15, -0.1) is 0 Å². The Morgan fingerprint density at radius 3 is 2.62 bits per heavy atom. The molecule has 0 unspecified atom stereocenters. The topological polar surface area (TPSA) is 49.4 Å². The molecule has 1 saturated heterocycles. The Hall–Kier alpha value is -0.870. The molecule has 2 atom stereocenters. The first kappa shape index (κ1) is 15.0. The number of halogens is 1. The molecule has 21 heavy (non-hydrogen) atoms. The van der Waals surface area contributed by atoms with E-state index in [1.54, 1.807) is 0 Å². The predicted octanol–water partition coefficient (Wildman–Crippen LogP) is 2.43. The van der Waals surface area contributed by atoms with Gasteiger partial charge in [0, 0.05) is 24.2 Å². The van der Waals surface area contributed by atoms with Crippen molar-refractivity contribution in [2.24, 2.45) is 11.8 Å². The van der Waals surface area contributed by atoms with Gasteiger partial charge in [0.2, 0.25) is 11.8 Å². The van der Waals surface area contributed by atoms with Crippen LogP contribution in [0.5, 0.6) is 0 Å². The van der Waals surface area contributed by atoms with Crippen LogP contribution in [-0.4, -0.2) is 35.8 Å². The molecule has 116 valence electrons. The van der Waals surface area contributed by atoms with E-state index in [-0.39, 0.29) is 23.7 Å². The van der Waals surface area contributed by atoms with Crippen LogP contribution in [0, 0.1) is 11.8 Å². The molecule has 1 N–H and O–H groups in total. The van der Waals surface area contributed by atoms with Gasteiger partial charge in [0.25, 0.3) is 0 Å². The molecule has 0 aromatic rings. The van der Waals surface area contributed by atoms with E-state index < -0.39 is 0 Å². The lowest BCUT2D eigenvalue weighted by Gasteiger charge is -2.24. The average molecular weight is 311 g/mol. The Kier molecular flexibility index (Phi) is 4.65. The molecule has 0 aromatic heterocycles. The number of amides is 2. The number of imide groups is 1. The lowest BCUT2D eigenvalue weighted by Crippen LogP contribution is -2.40. The molecule has 2 fully saturated rings. The fourth-order valence-electron chi connectivity index (χ4n) is 3.80. The van der Waals surface area contributed by atoms with Crippen molar-refractivity contribution in [2.45, 2.75) is 51.0 Å². The maximum atomic E-state index is 12.4. The smallest absolute Gasteiger partial charge is 0.233 e. The van der Waals surface area contributed by atoms with Crippen molar-refractivity contribution in [3.05, 3.63) is 11.1 Å². The molecule has 0 aromatic carbocycles. The molecule has 1 saturated carbocycles. The summed E-state index contributed by atoms with van der Waals surface area (Å²) in [5, 5.41) is 4.22. The molecular formula is C16H23ClN2O2. The maximum absolute atomic E-state index is 12.4. The Morgan fingerprint density at radius 1 is 1.14 bits per heavy atom. The van der Waals surface area contributed by atoms with Crippen LogP contribution in [0.1, 0.15) is 44.9 Å². The van der Waals surface area contributed by atoms with E-state index in [9.17, 15) is 9.59 Å². The highest BCUT2D eigenvalue weighted by molar-refractivity contribution is 6.30. The normalized spacial score (nSPS) is 30.5. The van der Waals surface area contributed by atoms with Crippen molar-refractivity contribution in [3.63, 3.8) is 0 Å². The highest BCUT2D eigenvalue weighted by Gasteiger charge is 2.47. The van der Waals surface area contributed by atoms with E-state index in [1.165, 1.54) is 37.0 Å². The minimum Gasteiger partial charge on any atom is -0.312 e. The molecule has 0 spiro atoms. The third-order valence-corrected chi connectivity index (χ3v) is 5.34. The van der Waals surface area contributed by atoms with Crippen LogP contribution in [0.4, 0.5) is 0 Å². The van der Waals surface area contributed by atoms with Crippen LogP contribution in [0.25, 0.3) is 0 Å². The lowest BCUT2D eigenvalue weighted by molar-refractivity contribution is -0.139. The molecule has 2 aliphatic carbocycles. The summed E-state index contributed by atoms with van der Waals surface area (Å²) in [4.78, 5) is 26.2. The molecule has 4 nitrogen and oxygen atoms in total. The van der Waals surface area contributed by atoms with E-state index in [0.29, 0.717) is 32.0 Å². The minimum atomic E-state index is -0.218. The Bertz CT molecular complexity index is 457. The van der Waals surface area contributed by atoms with Crippen LogP contribution in [-0.2, 0) is 9.59 Å². The molecule has 1 aliphatic heterocycles. The summed E-state index contributed by atoms with van der Waals surface area (Å²) >= 11 is 6.02. The summed E-state index contributed by atoms with van der Waals surface area (Å²) in [5.41, 5.74) is 0. The highest BCUT2D eigenvalue weighted by atomic mass is 35.5. The third-order valence-electron chi connectivity index (χ3n) is 5.03. The SMILES string of the molecule is O=C1[C@H]2CC=C(Cl)C[C@@H]2C(=O)N1CCNC1CCCCC1. The maximum Gasteiger partial charge on any atom is 0.233 e. The van der Waals surface area contributed by atoms with Gasteiger partial charge >= 0.3 is 0 Å². The summed E-state index contributed by atoms with van der Waals surface area (Å²) < 4.78 is 0. The number of nitrogens with zero attached hydrogens (tertiary/aromatic N) is 1. The number of fused-ring (bicyclic) bond motifs is 1. The van der Waals surface area contributed by atoms with Crippen molar-refractivity contribution in [1.29, 1.82) is 0 Å². The van der Waals surface area contributed by atoms with Crippen molar-refractivity contribution < 1.29 is 9.59 Å². The molecule has 1 heterocycles. The van der Waals surface area contributed by atoms with Crippen molar-refractivity contribution >= 4 is 23.4 Å². The lowest BCUT2D eigenvalue weighted by atomic mass is 9.85. The second kappa shape index (κ2) is 6.49. The quantitative estimate of drug-likeness (QED) is 0.811. The van der Waals surface area contributed by atoms with Gasteiger partial charge in [0.15, 0.2) is 0 Å². The number of allylic oxidation sites excluding steroid dienone is 2. The van der Waals surface area contributed by atoms with Crippen LogP contribution in [0.2, 0.25) is 0 Å². The summed E-state index contributed by atoms with van der Waals surface area (Å²) in [6.45, 7) is 1.21. The van der Waals surface area contributed by atoms with E-state index >= 15 is 0 Å². The number of carbonyl (C=O) groups excluding carboxylic acids is 2. The second-order valence-electron chi connectivity index (χ2n) is 6.42. The average Bonchev–Trinajstić information content (AvgIpc) is 2.73. The largest absolute Gasteiger partial charge is 0.312 e. The zero-order chi connectivity index (χ0) is 14.8. The van der Waals surface area contributed by atoms with Gasteiger partial charge in [-0.1, -0.05) is 36.9 Å². The standard InChI is InChI=1S/C16H23ClN2O2/c17-11-6-7-13-14(10-11)16(21)19(15(13)20)9-8-18-12-4-2-1-3-5-12/h6,12-14,18H,1-5,7-10H2/t13-,14-/m0/s1. The van der Waals surface area contributed by atoms with Crippen LogP contribution >= 0.6 is 11.6 Å². The zero-order valence-corrected chi connectivity index (χ0v) is 13.1. The minimum absolute atomic E-state index is 0.00383. The number of likely N-dealkylation sites (tertiary alicyclic amines) is 1. The predicted molar refractivity (Wildman–Crippen MR) is 81.7 cm³/mol. The fourth-order valence-corrected chi connectivity index (χ4v) is 4.06. The van der Waals surface area contributed by atoms with Gasteiger partial charge in [-0.25, -0.2) is 0 Å². The van der Waals surface area contributed by atoms with E-state index in [0.717, 1.165) is 5.03 Å². The first-order chi connectivity index (χ1) is 10.2. The summed E-state index contributed by atoms with van der Waals surface area (Å²) in [5.74, 6) is -0.420. The van der Waals surface area contributed by atoms with Crippen LogP contribution in [0.3, 0.4) is 0 Å². The first-order valence-electron chi connectivity index (χ1n) is 8.10. The first-order valence-corrected chi connectivity index (χ1v) is 8.48. The van der Waals surface area contributed by atoms with Crippen molar-refractivity contribution in [3.8, 4) is 0 Å². The highest BCUT2D eigenvalue weighted by Crippen LogP contribution is 2.38. The molecular weight excluding hydrogens is 288 g/mol. The number of hydrogen-bond acceptors (Lipinski definition) is 3. The monoisotopic (exact) mass is 310 g/mol. The number of nitrogens with one attached hydrogen (secondary N) is 1. The molecule has 5 heteroatoms. The fraction of sp³-hybridized carbons (Fsp3) is 0.750. The molecule has 3 rings (SSSR count). The van der Waals surface area contributed by atoms with Gasteiger partial charge in [-0.2, -0.15) is 0 Å². The van der Waals surface area contributed by atoms with Crippen LogP contribution in [0.15, 0.2) is 11.1 Å². The van der Waals surface area contributed by atoms with Gasteiger partial charge in [0.05, 0.1) is 11.8 Å². The number of hydrogen-bond donors (Lipinski definition) is 1. The number of carbonyl (C=O) groups is 2. The Balaban J connectivity index is 1.52. The molecule has 0 bridgehead atoms. The number of rotatable bonds is 4. The zero-order valence-electron chi connectivity index (χ0n) is 12.3. The van der Waals surface area contributed by atoms with E-state index in [2.05, 4.69) is 5.32 Å².